The first-order chi connectivity index (χ1) is 18.1. The number of piperidine rings is 1. The van der Waals surface area contributed by atoms with Crippen molar-refractivity contribution in [2.24, 2.45) is 11.0 Å². The third-order valence-corrected chi connectivity index (χ3v) is 7.13. The molecule has 37 heavy (non-hydrogen) atoms. The van der Waals surface area contributed by atoms with Gasteiger partial charge in [-0.2, -0.15) is 5.10 Å². The van der Waals surface area contributed by atoms with E-state index in [1.165, 1.54) is 0 Å². The van der Waals surface area contributed by atoms with E-state index in [-0.39, 0.29) is 30.3 Å². The van der Waals surface area contributed by atoms with Gasteiger partial charge in [0.2, 0.25) is 5.91 Å². The van der Waals surface area contributed by atoms with Crippen LogP contribution in [0.25, 0.3) is 0 Å². The molecule has 5 rings (SSSR count). The quantitative estimate of drug-likeness (QED) is 0.514. The monoisotopic (exact) mass is 496 g/mol. The molecule has 1 fully saturated rings. The number of ether oxygens (including phenoxy) is 1. The molecule has 2 aliphatic heterocycles. The summed E-state index contributed by atoms with van der Waals surface area (Å²) in [5.41, 5.74) is 3.78. The fraction of sp³-hybridized carbons (Fsp3) is 0.300. The van der Waals surface area contributed by atoms with Crippen molar-refractivity contribution in [1.82, 2.24) is 9.91 Å². The first-order valence-electron chi connectivity index (χ1n) is 12.8. The lowest BCUT2D eigenvalue weighted by molar-refractivity contribution is -0.134. The first kappa shape index (κ1) is 24.7. The molecule has 7 heteroatoms. The van der Waals surface area contributed by atoms with Crippen LogP contribution in [0.2, 0.25) is 0 Å². The van der Waals surface area contributed by atoms with Crippen molar-refractivity contribution in [3.63, 3.8) is 0 Å². The maximum absolute atomic E-state index is 13.5. The van der Waals surface area contributed by atoms with Crippen LogP contribution in [0.15, 0.2) is 90.0 Å². The number of hydrogen-bond donors (Lipinski definition) is 1. The van der Waals surface area contributed by atoms with E-state index in [2.05, 4.69) is 10.2 Å². The molecule has 3 aromatic rings. The van der Waals surface area contributed by atoms with E-state index in [9.17, 15) is 9.59 Å². The normalized spacial score (nSPS) is 18.4. The van der Waals surface area contributed by atoms with Gasteiger partial charge in [0.05, 0.1) is 25.4 Å². The number of nitrogens with zero attached hydrogens (tertiary/aromatic N) is 3. The Labute approximate surface area is 217 Å². The minimum absolute atomic E-state index is 0.0288. The number of benzene rings is 3. The zero-order valence-corrected chi connectivity index (χ0v) is 21.0. The number of methoxy groups -OCH3 is 1. The largest absolute Gasteiger partial charge is 0.497 e. The molecule has 0 unspecified atom stereocenters. The summed E-state index contributed by atoms with van der Waals surface area (Å²) < 4.78 is 5.31. The molecule has 1 atom stereocenters. The lowest BCUT2D eigenvalue weighted by Crippen LogP contribution is -2.43. The van der Waals surface area contributed by atoms with Crippen molar-refractivity contribution in [1.29, 1.82) is 0 Å². The number of likely N-dealkylation sites (tertiary alicyclic amines) is 1. The van der Waals surface area contributed by atoms with Crippen LogP contribution in [0.5, 0.6) is 5.75 Å². The van der Waals surface area contributed by atoms with E-state index in [0.29, 0.717) is 19.5 Å². The van der Waals surface area contributed by atoms with Gasteiger partial charge in [-0.15, -0.1) is 0 Å². The van der Waals surface area contributed by atoms with Crippen LogP contribution in [0, 0.1) is 5.92 Å². The lowest BCUT2D eigenvalue weighted by atomic mass is 9.95. The van der Waals surface area contributed by atoms with Gasteiger partial charge in [-0.3, -0.25) is 14.5 Å². The Morgan fingerprint density at radius 3 is 2.22 bits per heavy atom. The van der Waals surface area contributed by atoms with E-state index >= 15 is 0 Å². The number of hydrogen-bond acceptors (Lipinski definition) is 5. The molecule has 2 amide bonds. The minimum atomic E-state index is -0.164. The summed E-state index contributed by atoms with van der Waals surface area (Å²) in [6.07, 6.45) is 2.11. The van der Waals surface area contributed by atoms with Crippen molar-refractivity contribution in [2.45, 2.75) is 25.3 Å². The van der Waals surface area contributed by atoms with Gasteiger partial charge in [-0.05, 0) is 61.3 Å². The third kappa shape index (κ3) is 5.89. The van der Waals surface area contributed by atoms with Gasteiger partial charge in [-0.25, -0.2) is 5.01 Å². The van der Waals surface area contributed by atoms with Crippen LogP contribution in [0.4, 0.5) is 5.69 Å². The van der Waals surface area contributed by atoms with Crippen molar-refractivity contribution >= 4 is 23.2 Å². The maximum atomic E-state index is 13.5. The summed E-state index contributed by atoms with van der Waals surface area (Å²) in [6.45, 7) is 1.69. The van der Waals surface area contributed by atoms with E-state index in [1.54, 1.807) is 12.1 Å². The average Bonchev–Trinajstić information content (AvgIpc) is 3.40. The number of rotatable bonds is 7. The Bertz CT molecular complexity index is 1240. The van der Waals surface area contributed by atoms with Crippen LogP contribution in [-0.4, -0.2) is 54.2 Å². The van der Waals surface area contributed by atoms with Crippen LogP contribution in [0.3, 0.4) is 0 Å². The standard InChI is InChI=1S/C30H32N4O3/c1-37-26-14-12-23(13-15-26)28-20-27(22-8-4-2-5-9-22)32-34(28)29(35)21-33-18-16-24(17-19-33)30(36)31-25-10-6-3-7-11-25/h2-15,24,28H,16-21H2,1H3,(H,31,36)/t28-/m1/s1. The van der Waals surface area contributed by atoms with Crippen LogP contribution in [0.1, 0.15) is 36.4 Å². The molecule has 0 aliphatic carbocycles. The summed E-state index contributed by atoms with van der Waals surface area (Å²) in [7, 11) is 1.64. The molecular formula is C30H32N4O3. The second-order valence-electron chi connectivity index (χ2n) is 9.55. The third-order valence-electron chi connectivity index (χ3n) is 7.13. The van der Waals surface area contributed by atoms with Crippen molar-refractivity contribution < 1.29 is 14.3 Å². The lowest BCUT2D eigenvalue weighted by Gasteiger charge is -2.32. The summed E-state index contributed by atoms with van der Waals surface area (Å²) in [5, 5.41) is 9.45. The summed E-state index contributed by atoms with van der Waals surface area (Å²) >= 11 is 0. The molecule has 2 heterocycles. The summed E-state index contributed by atoms with van der Waals surface area (Å²) in [5.74, 6) is 0.753. The molecule has 0 bridgehead atoms. The first-order valence-corrected chi connectivity index (χ1v) is 12.8. The highest BCUT2D eigenvalue weighted by Crippen LogP contribution is 2.34. The predicted molar refractivity (Wildman–Crippen MR) is 144 cm³/mol. The van der Waals surface area contributed by atoms with Gasteiger partial charge in [0, 0.05) is 18.0 Å². The summed E-state index contributed by atoms with van der Waals surface area (Å²) in [6, 6.07) is 27.2. The number of carbonyl (C=O) groups is 2. The second-order valence-corrected chi connectivity index (χ2v) is 9.55. The Morgan fingerprint density at radius 2 is 1.57 bits per heavy atom. The Morgan fingerprint density at radius 1 is 0.919 bits per heavy atom. The van der Waals surface area contributed by atoms with Crippen LogP contribution < -0.4 is 10.1 Å². The SMILES string of the molecule is COc1ccc([C@H]2CC(c3ccccc3)=NN2C(=O)CN2CCC(C(=O)Nc3ccccc3)CC2)cc1. The zero-order chi connectivity index (χ0) is 25.6. The Balaban J connectivity index is 1.24. The van der Waals surface area contributed by atoms with Crippen LogP contribution >= 0.6 is 0 Å². The van der Waals surface area contributed by atoms with Crippen molar-refractivity contribution in [3.8, 4) is 5.75 Å². The number of carbonyl (C=O) groups excluding carboxylic acids is 2. The topological polar surface area (TPSA) is 74.2 Å². The van der Waals surface area contributed by atoms with Crippen LogP contribution in [-0.2, 0) is 9.59 Å². The second kappa shape index (κ2) is 11.4. The predicted octanol–water partition coefficient (Wildman–Crippen LogP) is 4.72. The van der Waals surface area contributed by atoms with Crippen molar-refractivity contribution in [3.05, 3.63) is 96.1 Å². The molecule has 7 nitrogen and oxygen atoms in total. The van der Waals surface area contributed by atoms with E-state index in [4.69, 9.17) is 9.84 Å². The Kier molecular flexibility index (Phi) is 7.61. The highest BCUT2D eigenvalue weighted by Gasteiger charge is 2.34. The highest BCUT2D eigenvalue weighted by atomic mass is 16.5. The molecule has 1 N–H and O–H groups in total. The molecular weight excluding hydrogens is 464 g/mol. The van der Waals surface area contributed by atoms with Gasteiger partial charge < -0.3 is 10.1 Å². The minimum Gasteiger partial charge on any atom is -0.497 e. The molecule has 0 spiro atoms. The number of amides is 2. The van der Waals surface area contributed by atoms with Crippen molar-refractivity contribution in [2.75, 3.05) is 32.1 Å². The van der Waals surface area contributed by atoms with Gasteiger partial charge in [0.15, 0.2) is 0 Å². The molecule has 190 valence electrons. The molecule has 3 aromatic carbocycles. The fourth-order valence-electron chi connectivity index (χ4n) is 5.01. The molecule has 1 saturated heterocycles. The highest BCUT2D eigenvalue weighted by molar-refractivity contribution is 6.03. The van der Waals surface area contributed by atoms with Gasteiger partial charge >= 0.3 is 0 Å². The maximum Gasteiger partial charge on any atom is 0.257 e. The van der Waals surface area contributed by atoms with E-state index in [1.807, 2.05) is 84.9 Å². The molecule has 2 aliphatic rings. The summed E-state index contributed by atoms with van der Waals surface area (Å²) in [4.78, 5) is 28.4. The van der Waals surface area contributed by atoms with Gasteiger partial charge in [0.25, 0.3) is 5.91 Å². The molecule has 0 radical (unpaired) electrons. The Hall–Kier alpha value is -3.97. The van der Waals surface area contributed by atoms with Gasteiger partial charge in [0.1, 0.15) is 5.75 Å². The number of para-hydroxylation sites is 1. The molecule has 0 aromatic heterocycles. The smallest absolute Gasteiger partial charge is 0.257 e. The zero-order valence-electron chi connectivity index (χ0n) is 21.0. The number of nitrogens with one attached hydrogen (secondary N) is 1. The number of hydrazone groups is 1. The fourth-order valence-corrected chi connectivity index (χ4v) is 5.01. The molecule has 0 saturated carbocycles. The van der Waals surface area contributed by atoms with E-state index < -0.39 is 0 Å². The van der Waals surface area contributed by atoms with Gasteiger partial charge in [-0.1, -0.05) is 60.7 Å². The van der Waals surface area contributed by atoms with E-state index in [0.717, 1.165) is 41.1 Å². The average molecular weight is 497 g/mol. The number of anilines is 1.